The van der Waals surface area contributed by atoms with Crippen LogP contribution in [0.1, 0.15) is 20.7 Å². The van der Waals surface area contributed by atoms with Gasteiger partial charge in [-0.25, -0.2) is 0 Å². The van der Waals surface area contributed by atoms with Gasteiger partial charge in [0, 0.05) is 20.9 Å². The largest absolute Gasteiger partial charge is 2.00 e. The number of benzene rings is 2. The molecule has 0 amide bonds. The maximum Gasteiger partial charge on any atom is 2.00 e. The topological polar surface area (TPSA) is 52.6 Å². The third-order valence-electron chi connectivity index (χ3n) is 2.84. The molecule has 0 unspecified atom stereocenters. The van der Waals surface area contributed by atoms with E-state index in [1.54, 1.807) is 62.8 Å². The Balaban J connectivity index is 0.00000312. The van der Waals surface area contributed by atoms with Crippen molar-refractivity contribution in [3.05, 3.63) is 59.7 Å². The zero-order chi connectivity index (χ0) is 17.4. The average Bonchev–Trinajstić information content (AvgIpc) is 2.64. The summed E-state index contributed by atoms with van der Waals surface area (Å²) in [5, 5.41) is 0. The van der Waals surface area contributed by atoms with E-state index in [9.17, 15) is 9.59 Å². The molecule has 0 radical (unpaired) electrons. The van der Waals surface area contributed by atoms with Crippen molar-refractivity contribution < 1.29 is 34.4 Å². The van der Waals surface area contributed by atoms with Crippen LogP contribution in [0.4, 0.5) is 0 Å². The van der Waals surface area contributed by atoms with Crippen LogP contribution in [0, 0.1) is 0 Å². The van der Waals surface area contributed by atoms with E-state index in [0.29, 0.717) is 11.1 Å². The van der Waals surface area contributed by atoms with Gasteiger partial charge in [-0.3, -0.25) is 9.59 Å². The van der Waals surface area contributed by atoms with E-state index >= 15 is 0 Å². The minimum absolute atomic E-state index is 0. The number of ketones is 2. The predicted molar refractivity (Wildman–Crippen MR) is 102 cm³/mol. The molecule has 0 aliphatic carbocycles. The fourth-order valence-electron chi connectivity index (χ4n) is 1.73. The van der Waals surface area contributed by atoms with Crippen molar-refractivity contribution in [2.75, 3.05) is 14.2 Å². The maximum atomic E-state index is 12.3. The number of Topliss-reactive ketones (excluding diaryl/α,β-unsaturated/α-hetero) is 2. The van der Waals surface area contributed by atoms with Crippen LogP contribution in [-0.2, 0) is 24.9 Å². The first-order chi connectivity index (χ1) is 11.7. The Morgan fingerprint density at radius 2 is 1.00 bits per heavy atom. The van der Waals surface area contributed by atoms with Gasteiger partial charge in [0.25, 0.3) is 0 Å². The van der Waals surface area contributed by atoms with Gasteiger partial charge in [0.1, 0.15) is 0 Å². The molecule has 0 aliphatic heterocycles. The normalized spacial score (nSPS) is 10.2. The van der Waals surface area contributed by atoms with Crippen LogP contribution in [0.25, 0.3) is 0 Å². The summed E-state index contributed by atoms with van der Waals surface area (Å²) in [6, 6.07) is 13.8. The van der Waals surface area contributed by atoms with Gasteiger partial charge in [-0.2, -0.15) is 0 Å². The Bertz CT molecular complexity index is 631. The van der Waals surface area contributed by atoms with Gasteiger partial charge < -0.3 is 8.37 Å². The second kappa shape index (κ2) is 12.1. The van der Waals surface area contributed by atoms with Crippen LogP contribution in [0.3, 0.4) is 0 Å². The standard InChI is InChI=1S/C16H14O4S4.Ni/c1-19-23-21-13-7-3-11(4-8-13)15(17)16(18)12-5-9-14(10-6-12)22-24-20-2;/h3-10H,1-2H3;/q;+2. The molecular formula is C16H14NiO4S4+2. The first kappa shape index (κ1) is 22.6. The van der Waals surface area contributed by atoms with Crippen molar-refractivity contribution in [3.8, 4) is 0 Å². The molecular weight excluding hydrogens is 443 g/mol. The summed E-state index contributed by atoms with van der Waals surface area (Å²) in [4.78, 5) is 26.5. The third-order valence-corrected chi connectivity index (χ3v) is 6.55. The Labute approximate surface area is 172 Å². The van der Waals surface area contributed by atoms with Gasteiger partial charge in [-0.15, -0.1) is 0 Å². The average molecular weight is 457 g/mol. The zero-order valence-electron chi connectivity index (χ0n) is 13.2. The Kier molecular flexibility index (Phi) is 10.9. The summed E-state index contributed by atoms with van der Waals surface area (Å²) < 4.78 is 9.80. The molecule has 2 aromatic carbocycles. The Morgan fingerprint density at radius 1 is 0.680 bits per heavy atom. The molecule has 9 heteroatoms. The summed E-state index contributed by atoms with van der Waals surface area (Å²) in [6.07, 6.45) is 0. The maximum absolute atomic E-state index is 12.3. The number of carbonyl (C=O) groups excluding carboxylic acids is 2. The van der Waals surface area contributed by atoms with Crippen molar-refractivity contribution in [2.24, 2.45) is 0 Å². The molecule has 25 heavy (non-hydrogen) atoms. The molecule has 0 aliphatic rings. The van der Waals surface area contributed by atoms with Gasteiger partial charge in [0.2, 0.25) is 11.6 Å². The molecule has 134 valence electrons. The van der Waals surface area contributed by atoms with E-state index in [2.05, 4.69) is 0 Å². The summed E-state index contributed by atoms with van der Waals surface area (Å²) >= 11 is 2.48. The second-order valence-electron chi connectivity index (χ2n) is 4.34. The zero-order valence-corrected chi connectivity index (χ0v) is 17.5. The van der Waals surface area contributed by atoms with Crippen LogP contribution in [0.5, 0.6) is 0 Å². The number of hydrogen-bond donors (Lipinski definition) is 0. The summed E-state index contributed by atoms with van der Waals surface area (Å²) in [5.74, 6) is -1.03. The number of hydrogen-bond acceptors (Lipinski definition) is 8. The van der Waals surface area contributed by atoms with Crippen molar-refractivity contribution >= 4 is 55.3 Å². The summed E-state index contributed by atoms with van der Waals surface area (Å²) in [5.41, 5.74) is 0.750. The van der Waals surface area contributed by atoms with Crippen LogP contribution in [0.15, 0.2) is 58.3 Å². The van der Waals surface area contributed by atoms with Crippen molar-refractivity contribution in [1.82, 2.24) is 0 Å². The van der Waals surface area contributed by atoms with Crippen molar-refractivity contribution in [3.63, 3.8) is 0 Å². The Hall–Kier alpha value is -0.406. The monoisotopic (exact) mass is 456 g/mol. The van der Waals surface area contributed by atoms with Crippen molar-refractivity contribution in [1.29, 1.82) is 0 Å². The molecule has 0 bridgehead atoms. The summed E-state index contributed by atoms with van der Waals surface area (Å²) in [7, 11) is 6.05. The molecule has 0 atom stereocenters. The minimum Gasteiger partial charge on any atom is -0.308 e. The smallest absolute Gasteiger partial charge is 0.308 e. The predicted octanol–water partition coefficient (Wildman–Crippen LogP) is 5.35. The molecule has 0 N–H and O–H groups in total. The minimum atomic E-state index is -0.516. The van der Waals surface area contributed by atoms with E-state index in [1.807, 2.05) is 0 Å². The molecule has 0 fully saturated rings. The molecule has 2 aromatic rings. The van der Waals surface area contributed by atoms with Gasteiger partial charge >= 0.3 is 16.5 Å². The number of carbonyl (C=O) groups is 2. The van der Waals surface area contributed by atoms with Gasteiger partial charge in [0.05, 0.1) is 36.4 Å². The molecule has 0 spiro atoms. The van der Waals surface area contributed by atoms with Gasteiger partial charge in [-0.1, -0.05) is 0 Å². The fraction of sp³-hybridized carbons (Fsp3) is 0.125. The van der Waals surface area contributed by atoms with Crippen LogP contribution >= 0.6 is 43.7 Å². The number of rotatable bonds is 9. The Morgan fingerprint density at radius 3 is 1.28 bits per heavy atom. The molecule has 2 rings (SSSR count). The third kappa shape index (κ3) is 7.02. The summed E-state index contributed by atoms with van der Waals surface area (Å²) in [6.45, 7) is 0. The van der Waals surface area contributed by atoms with E-state index in [-0.39, 0.29) is 16.5 Å². The van der Waals surface area contributed by atoms with Crippen LogP contribution in [0.2, 0.25) is 0 Å². The first-order valence-corrected chi connectivity index (χ1v) is 10.8. The van der Waals surface area contributed by atoms with Crippen LogP contribution in [-0.4, -0.2) is 25.8 Å². The SMILES string of the molecule is COSSc1ccc(C(=O)C(=O)c2ccc(SSOC)cc2)cc1.[Ni+2]. The van der Waals surface area contributed by atoms with Gasteiger partial charge in [-0.05, 0) is 70.1 Å². The van der Waals surface area contributed by atoms with Crippen molar-refractivity contribution in [2.45, 2.75) is 9.79 Å². The molecule has 0 saturated heterocycles. The fourth-order valence-corrected chi connectivity index (χ4v) is 4.07. The van der Waals surface area contributed by atoms with E-state index in [1.165, 1.54) is 43.7 Å². The molecule has 0 saturated carbocycles. The second-order valence-corrected chi connectivity index (χ2v) is 8.37. The first-order valence-electron chi connectivity index (χ1n) is 6.69. The van der Waals surface area contributed by atoms with E-state index < -0.39 is 11.6 Å². The molecule has 0 aromatic heterocycles. The van der Waals surface area contributed by atoms with Gasteiger partial charge in [0.15, 0.2) is 0 Å². The van der Waals surface area contributed by atoms with E-state index in [0.717, 1.165) is 9.79 Å². The quantitative estimate of drug-likeness (QED) is 0.164. The molecule has 0 heterocycles. The molecule has 4 nitrogen and oxygen atoms in total. The van der Waals surface area contributed by atoms with Crippen LogP contribution < -0.4 is 0 Å². The van der Waals surface area contributed by atoms with E-state index in [4.69, 9.17) is 8.37 Å².